The van der Waals surface area contributed by atoms with E-state index >= 15 is 0 Å². The van der Waals surface area contributed by atoms with Gasteiger partial charge in [0.25, 0.3) is 0 Å². The number of hydrogen-bond donors (Lipinski definition) is 0. The van der Waals surface area contributed by atoms with Gasteiger partial charge in [-0.05, 0) is 30.2 Å². The third kappa shape index (κ3) is 3.64. The maximum absolute atomic E-state index is 11.8. The fourth-order valence-corrected chi connectivity index (χ4v) is 3.41. The van der Waals surface area contributed by atoms with E-state index in [2.05, 4.69) is 18.8 Å². The lowest BCUT2D eigenvalue weighted by Gasteiger charge is -2.11. The van der Waals surface area contributed by atoms with Crippen molar-refractivity contribution in [1.29, 1.82) is 0 Å². The molecule has 1 aromatic carbocycles. The van der Waals surface area contributed by atoms with Gasteiger partial charge in [0.1, 0.15) is 11.6 Å². The van der Waals surface area contributed by atoms with Gasteiger partial charge >= 0.3 is 0 Å². The van der Waals surface area contributed by atoms with Crippen LogP contribution in [0.15, 0.2) is 42.5 Å². The van der Waals surface area contributed by atoms with Crippen LogP contribution in [0.25, 0.3) is 11.0 Å². The van der Waals surface area contributed by atoms with Crippen LogP contribution in [0.3, 0.4) is 0 Å². The summed E-state index contributed by atoms with van der Waals surface area (Å²) in [5.41, 5.74) is 3.66. The summed E-state index contributed by atoms with van der Waals surface area (Å²) in [7, 11) is -3.16. The van der Waals surface area contributed by atoms with Gasteiger partial charge in [0, 0.05) is 11.9 Å². The van der Waals surface area contributed by atoms with Crippen molar-refractivity contribution in [3.8, 4) is 0 Å². The number of pyridine rings is 1. The molecule has 0 saturated heterocycles. The molecule has 0 aliphatic heterocycles. The molecule has 2 heterocycles. The first-order valence-electron chi connectivity index (χ1n) is 7.91. The van der Waals surface area contributed by atoms with Crippen LogP contribution in [0.2, 0.25) is 0 Å². The van der Waals surface area contributed by atoms with E-state index in [0.29, 0.717) is 18.3 Å². The molecule has 0 spiro atoms. The molecule has 24 heavy (non-hydrogen) atoms. The zero-order valence-electron chi connectivity index (χ0n) is 14.1. The molecule has 0 bridgehead atoms. The van der Waals surface area contributed by atoms with E-state index in [9.17, 15) is 8.42 Å². The van der Waals surface area contributed by atoms with E-state index in [1.807, 2.05) is 47.0 Å². The Balaban J connectivity index is 2.07. The van der Waals surface area contributed by atoms with E-state index in [4.69, 9.17) is 4.98 Å². The third-order valence-corrected chi connectivity index (χ3v) is 4.65. The third-order valence-electron chi connectivity index (χ3n) is 3.86. The minimum absolute atomic E-state index is 0.0778. The molecular formula is C18H21N3O2S. The Kier molecular flexibility index (Phi) is 4.41. The van der Waals surface area contributed by atoms with E-state index in [0.717, 1.165) is 22.4 Å². The molecule has 0 aliphatic rings. The maximum Gasteiger partial charge on any atom is 0.154 e. The lowest BCUT2D eigenvalue weighted by Crippen LogP contribution is -2.11. The van der Waals surface area contributed by atoms with E-state index in [-0.39, 0.29) is 5.75 Å². The fourth-order valence-electron chi connectivity index (χ4n) is 2.72. The van der Waals surface area contributed by atoms with Crippen molar-refractivity contribution in [2.75, 3.05) is 6.26 Å². The molecule has 0 unspecified atom stereocenters. The number of fused-ring (bicyclic) bond motifs is 1. The summed E-state index contributed by atoms with van der Waals surface area (Å²) >= 11 is 0. The minimum Gasteiger partial charge on any atom is -0.321 e. The zero-order chi connectivity index (χ0) is 17.3. The maximum atomic E-state index is 11.8. The van der Waals surface area contributed by atoms with Crippen molar-refractivity contribution in [2.45, 2.75) is 32.1 Å². The van der Waals surface area contributed by atoms with Crippen molar-refractivity contribution in [3.63, 3.8) is 0 Å². The lowest BCUT2D eigenvalue weighted by atomic mass is 10.1. The molecule has 3 rings (SSSR count). The topological polar surface area (TPSA) is 64.8 Å². The summed E-state index contributed by atoms with van der Waals surface area (Å²) in [6, 6.07) is 13.7. The highest BCUT2D eigenvalue weighted by molar-refractivity contribution is 7.89. The molecule has 0 N–H and O–H groups in total. The summed E-state index contributed by atoms with van der Waals surface area (Å²) in [6.45, 7) is 4.72. The number of rotatable bonds is 5. The Labute approximate surface area is 142 Å². The lowest BCUT2D eigenvalue weighted by molar-refractivity contribution is 0.597. The average Bonchev–Trinajstić information content (AvgIpc) is 2.83. The number of hydrogen-bond acceptors (Lipinski definition) is 4. The van der Waals surface area contributed by atoms with Gasteiger partial charge < -0.3 is 4.57 Å². The van der Waals surface area contributed by atoms with Gasteiger partial charge in [0.05, 0.1) is 23.3 Å². The molecule has 0 aliphatic carbocycles. The molecule has 126 valence electrons. The van der Waals surface area contributed by atoms with Crippen LogP contribution in [0.1, 0.15) is 37.0 Å². The van der Waals surface area contributed by atoms with Crippen molar-refractivity contribution < 1.29 is 8.42 Å². The van der Waals surface area contributed by atoms with Gasteiger partial charge in [0.2, 0.25) is 0 Å². The predicted molar refractivity (Wildman–Crippen MR) is 95.7 cm³/mol. The first-order valence-corrected chi connectivity index (χ1v) is 9.97. The van der Waals surface area contributed by atoms with E-state index in [1.54, 1.807) is 0 Å². The molecule has 2 aromatic heterocycles. The SMILES string of the molecule is CC(C)c1cccc(Cn2c(CS(C)(=O)=O)nc3ccccc32)n1. The smallest absolute Gasteiger partial charge is 0.154 e. The Bertz CT molecular complexity index is 975. The number of para-hydroxylation sites is 2. The Morgan fingerprint density at radius 1 is 1.04 bits per heavy atom. The molecule has 5 nitrogen and oxygen atoms in total. The second-order valence-electron chi connectivity index (χ2n) is 6.38. The second kappa shape index (κ2) is 6.36. The van der Waals surface area contributed by atoms with E-state index < -0.39 is 9.84 Å². The molecule has 0 fully saturated rings. The van der Waals surface area contributed by atoms with Crippen LogP contribution < -0.4 is 0 Å². The van der Waals surface area contributed by atoms with Gasteiger partial charge in [-0.1, -0.05) is 32.0 Å². The summed E-state index contributed by atoms with van der Waals surface area (Å²) in [5.74, 6) is 0.821. The quantitative estimate of drug-likeness (QED) is 0.714. The van der Waals surface area contributed by atoms with Crippen LogP contribution in [0.5, 0.6) is 0 Å². The van der Waals surface area contributed by atoms with Gasteiger partial charge in [-0.2, -0.15) is 0 Å². The zero-order valence-corrected chi connectivity index (χ0v) is 14.9. The Hall–Kier alpha value is -2.21. The number of benzene rings is 1. The highest BCUT2D eigenvalue weighted by atomic mass is 32.2. The van der Waals surface area contributed by atoms with Crippen molar-refractivity contribution in [2.24, 2.45) is 0 Å². The Morgan fingerprint density at radius 2 is 1.79 bits per heavy atom. The van der Waals surface area contributed by atoms with Crippen molar-refractivity contribution in [3.05, 3.63) is 59.7 Å². The van der Waals surface area contributed by atoms with Crippen LogP contribution in [0, 0.1) is 0 Å². The van der Waals surface area contributed by atoms with Crippen LogP contribution in [0.4, 0.5) is 0 Å². The number of aromatic nitrogens is 3. The largest absolute Gasteiger partial charge is 0.321 e. The molecular weight excluding hydrogens is 322 g/mol. The van der Waals surface area contributed by atoms with Gasteiger partial charge in [-0.15, -0.1) is 0 Å². The molecule has 0 atom stereocenters. The molecule has 3 aromatic rings. The minimum atomic E-state index is -3.16. The first-order chi connectivity index (χ1) is 11.3. The molecule has 0 saturated carbocycles. The fraction of sp³-hybridized carbons (Fsp3) is 0.333. The summed E-state index contributed by atoms with van der Waals surface area (Å²) in [5, 5.41) is 0. The number of nitrogens with zero attached hydrogens (tertiary/aromatic N) is 3. The van der Waals surface area contributed by atoms with Gasteiger partial charge in [-0.25, -0.2) is 13.4 Å². The highest BCUT2D eigenvalue weighted by Gasteiger charge is 2.16. The second-order valence-corrected chi connectivity index (χ2v) is 8.52. The summed E-state index contributed by atoms with van der Waals surface area (Å²) in [6.07, 6.45) is 1.23. The number of imidazole rings is 1. The Morgan fingerprint density at radius 3 is 2.50 bits per heavy atom. The molecule has 6 heteroatoms. The molecule has 0 amide bonds. The first kappa shape index (κ1) is 16.6. The van der Waals surface area contributed by atoms with Gasteiger partial charge in [0.15, 0.2) is 9.84 Å². The number of sulfone groups is 1. The standard InChI is InChI=1S/C18H21N3O2S/c1-13(2)15-9-6-7-14(19-15)11-21-17-10-5-4-8-16(17)20-18(21)12-24(3,22)23/h4-10,13H,11-12H2,1-3H3. The average molecular weight is 343 g/mol. The monoisotopic (exact) mass is 343 g/mol. The summed E-state index contributed by atoms with van der Waals surface area (Å²) < 4.78 is 25.5. The summed E-state index contributed by atoms with van der Waals surface area (Å²) in [4.78, 5) is 9.20. The predicted octanol–water partition coefficient (Wildman–Crippen LogP) is 3.15. The van der Waals surface area contributed by atoms with Crippen molar-refractivity contribution in [1.82, 2.24) is 14.5 Å². The van der Waals surface area contributed by atoms with Crippen molar-refractivity contribution >= 4 is 20.9 Å². The van der Waals surface area contributed by atoms with Crippen LogP contribution in [-0.4, -0.2) is 29.2 Å². The van der Waals surface area contributed by atoms with Crippen LogP contribution in [-0.2, 0) is 22.1 Å². The van der Waals surface area contributed by atoms with Crippen LogP contribution >= 0.6 is 0 Å². The molecule has 0 radical (unpaired) electrons. The van der Waals surface area contributed by atoms with E-state index in [1.165, 1.54) is 6.26 Å². The van der Waals surface area contributed by atoms with Gasteiger partial charge in [-0.3, -0.25) is 4.98 Å². The highest BCUT2D eigenvalue weighted by Crippen LogP contribution is 2.20. The normalized spacial score (nSPS) is 12.2.